The fraction of sp³-hybridized carbons (Fsp3) is 0.625. The summed E-state index contributed by atoms with van der Waals surface area (Å²) in [5.74, 6) is 0. The highest BCUT2D eigenvalue weighted by molar-refractivity contribution is 7.89. The Morgan fingerprint density at radius 3 is 2.68 bits per heavy atom. The second-order valence-electron chi connectivity index (χ2n) is 6.42. The Labute approximate surface area is 153 Å². The number of hydrogen-bond acceptors (Lipinski definition) is 4. The molecule has 1 unspecified atom stereocenters. The number of aromatic nitrogens is 4. The number of nitrogens with zero attached hydrogens (tertiary/aromatic N) is 5. The molecule has 1 aliphatic heterocycles. The summed E-state index contributed by atoms with van der Waals surface area (Å²) in [6, 6.07) is -0.308. The number of hydrogen-bond donors (Lipinski definition) is 0. The van der Waals surface area contributed by atoms with E-state index in [9.17, 15) is 8.42 Å². The number of halogens is 1. The molecule has 2 aromatic rings. The van der Waals surface area contributed by atoms with E-state index in [0.717, 1.165) is 31.4 Å². The maximum absolute atomic E-state index is 13.4. The van der Waals surface area contributed by atoms with Gasteiger partial charge in [0.1, 0.15) is 4.90 Å². The molecular weight excluding hydrogens is 362 g/mol. The fourth-order valence-corrected chi connectivity index (χ4v) is 5.60. The number of aryl methyl sites for hydroxylation is 3. The summed E-state index contributed by atoms with van der Waals surface area (Å²) in [7, 11) is -1.86. The van der Waals surface area contributed by atoms with Crippen molar-refractivity contribution < 1.29 is 8.42 Å². The Morgan fingerprint density at radius 2 is 2.08 bits per heavy atom. The first-order valence-electron chi connectivity index (χ1n) is 8.59. The lowest BCUT2D eigenvalue weighted by Gasteiger charge is -2.29. The third-order valence-electron chi connectivity index (χ3n) is 4.77. The number of rotatable bonds is 4. The highest BCUT2D eigenvalue weighted by Crippen LogP contribution is 2.37. The van der Waals surface area contributed by atoms with Gasteiger partial charge >= 0.3 is 0 Å². The van der Waals surface area contributed by atoms with Gasteiger partial charge in [-0.25, -0.2) is 8.42 Å². The maximum atomic E-state index is 13.4. The third kappa shape index (κ3) is 3.35. The van der Waals surface area contributed by atoms with Gasteiger partial charge < -0.3 is 0 Å². The van der Waals surface area contributed by atoms with Gasteiger partial charge in [-0.2, -0.15) is 14.5 Å². The molecule has 3 rings (SSSR count). The topological polar surface area (TPSA) is 73.0 Å². The Kier molecular flexibility index (Phi) is 5.22. The molecular formula is C16H24ClN5O2S. The molecule has 9 heteroatoms. The second-order valence-corrected chi connectivity index (χ2v) is 8.68. The lowest BCUT2D eigenvalue weighted by Crippen LogP contribution is -2.36. The standard InChI is InChI=1S/C16H24ClN5O2S/c1-4-21-11-15(12(2)19-21)25(23,24)22-9-7-5-6-8-14(22)16-13(17)10-18-20(16)3/h10-11,14H,4-9H2,1-3H3. The third-order valence-corrected chi connectivity index (χ3v) is 7.07. The molecule has 0 radical (unpaired) electrons. The first-order valence-corrected chi connectivity index (χ1v) is 10.4. The zero-order valence-corrected chi connectivity index (χ0v) is 16.4. The molecule has 0 aliphatic carbocycles. The molecule has 3 heterocycles. The largest absolute Gasteiger partial charge is 0.271 e. The van der Waals surface area contributed by atoms with Gasteiger partial charge in [0.15, 0.2) is 0 Å². The fourth-order valence-electron chi connectivity index (χ4n) is 3.48. The smallest absolute Gasteiger partial charge is 0.247 e. The molecule has 0 spiro atoms. The predicted molar refractivity (Wildman–Crippen MR) is 96.0 cm³/mol. The van der Waals surface area contributed by atoms with Gasteiger partial charge in [0.25, 0.3) is 0 Å². The minimum absolute atomic E-state index is 0.277. The van der Waals surface area contributed by atoms with E-state index in [-0.39, 0.29) is 10.9 Å². The van der Waals surface area contributed by atoms with Crippen LogP contribution in [-0.2, 0) is 23.6 Å². The van der Waals surface area contributed by atoms with Crippen molar-refractivity contribution in [1.82, 2.24) is 23.9 Å². The van der Waals surface area contributed by atoms with Crippen LogP contribution in [0.5, 0.6) is 0 Å². The van der Waals surface area contributed by atoms with Crippen LogP contribution >= 0.6 is 11.6 Å². The van der Waals surface area contributed by atoms with Crippen LogP contribution in [0, 0.1) is 6.92 Å². The molecule has 0 amide bonds. The minimum atomic E-state index is -3.66. The maximum Gasteiger partial charge on any atom is 0.247 e. The summed E-state index contributed by atoms with van der Waals surface area (Å²) in [5, 5.41) is 9.01. The van der Waals surface area contributed by atoms with Gasteiger partial charge in [-0.3, -0.25) is 9.36 Å². The van der Waals surface area contributed by atoms with Crippen molar-refractivity contribution in [2.75, 3.05) is 6.54 Å². The average molecular weight is 386 g/mol. The SMILES string of the molecule is CCn1cc(S(=O)(=O)N2CCCCCC2c2c(Cl)cnn2C)c(C)n1. The molecule has 2 aromatic heterocycles. The van der Waals surface area contributed by atoms with Crippen LogP contribution in [0.25, 0.3) is 0 Å². The normalized spacial score (nSPS) is 19.9. The molecule has 1 saturated heterocycles. The summed E-state index contributed by atoms with van der Waals surface area (Å²) in [6.07, 6.45) is 6.74. The second kappa shape index (κ2) is 7.09. The first kappa shape index (κ1) is 18.4. The van der Waals surface area contributed by atoms with E-state index in [1.807, 2.05) is 6.92 Å². The minimum Gasteiger partial charge on any atom is -0.271 e. The highest BCUT2D eigenvalue weighted by atomic mass is 35.5. The average Bonchev–Trinajstić information content (AvgIpc) is 3.00. The molecule has 1 fully saturated rings. The first-order chi connectivity index (χ1) is 11.9. The monoisotopic (exact) mass is 385 g/mol. The molecule has 0 aromatic carbocycles. The molecule has 0 bridgehead atoms. The Balaban J connectivity index is 2.08. The van der Waals surface area contributed by atoms with Crippen LogP contribution in [0.15, 0.2) is 17.3 Å². The molecule has 138 valence electrons. The van der Waals surface area contributed by atoms with Gasteiger partial charge in [0.2, 0.25) is 10.0 Å². The highest BCUT2D eigenvalue weighted by Gasteiger charge is 2.37. The van der Waals surface area contributed by atoms with E-state index >= 15 is 0 Å². The Hall–Kier alpha value is -1.38. The van der Waals surface area contributed by atoms with E-state index in [2.05, 4.69) is 10.2 Å². The Morgan fingerprint density at radius 1 is 1.32 bits per heavy atom. The van der Waals surface area contributed by atoms with Gasteiger partial charge in [0.05, 0.1) is 28.6 Å². The van der Waals surface area contributed by atoms with Crippen molar-refractivity contribution in [3.8, 4) is 0 Å². The Bertz CT molecular complexity index is 839. The van der Waals surface area contributed by atoms with Crippen molar-refractivity contribution in [2.24, 2.45) is 7.05 Å². The van der Waals surface area contributed by atoms with Crippen molar-refractivity contribution in [1.29, 1.82) is 0 Å². The molecule has 1 atom stereocenters. The quantitative estimate of drug-likeness (QED) is 0.811. The van der Waals surface area contributed by atoms with Crippen molar-refractivity contribution in [3.05, 3.63) is 28.8 Å². The van der Waals surface area contributed by atoms with E-state index in [1.54, 1.807) is 40.0 Å². The summed E-state index contributed by atoms with van der Waals surface area (Å²) in [5.41, 5.74) is 1.29. The van der Waals surface area contributed by atoms with Gasteiger partial charge in [-0.05, 0) is 26.7 Å². The van der Waals surface area contributed by atoms with E-state index in [1.165, 1.54) is 0 Å². The number of sulfonamides is 1. The summed E-state index contributed by atoms with van der Waals surface area (Å²) < 4.78 is 31.8. The van der Waals surface area contributed by atoms with E-state index in [4.69, 9.17) is 11.6 Å². The molecule has 0 N–H and O–H groups in total. The zero-order valence-electron chi connectivity index (χ0n) is 14.8. The van der Waals surface area contributed by atoms with E-state index < -0.39 is 10.0 Å². The zero-order chi connectivity index (χ0) is 18.2. The van der Waals surface area contributed by atoms with Crippen molar-refractivity contribution in [2.45, 2.75) is 57.0 Å². The van der Waals surface area contributed by atoms with Crippen LogP contribution in [0.4, 0.5) is 0 Å². The summed E-state index contributed by atoms with van der Waals surface area (Å²) in [4.78, 5) is 0.277. The van der Waals surface area contributed by atoms with Crippen LogP contribution < -0.4 is 0 Å². The van der Waals surface area contributed by atoms with Gasteiger partial charge in [-0.15, -0.1) is 0 Å². The van der Waals surface area contributed by atoms with Crippen LogP contribution in [0.2, 0.25) is 5.02 Å². The van der Waals surface area contributed by atoms with Gasteiger partial charge in [-0.1, -0.05) is 24.4 Å². The summed E-state index contributed by atoms with van der Waals surface area (Å²) in [6.45, 7) is 4.79. The van der Waals surface area contributed by atoms with Crippen molar-refractivity contribution in [3.63, 3.8) is 0 Å². The summed E-state index contributed by atoms with van der Waals surface area (Å²) >= 11 is 6.33. The lowest BCUT2D eigenvalue weighted by molar-refractivity contribution is 0.315. The van der Waals surface area contributed by atoms with Crippen LogP contribution in [-0.4, -0.2) is 38.8 Å². The van der Waals surface area contributed by atoms with Gasteiger partial charge in [0, 0.05) is 26.3 Å². The van der Waals surface area contributed by atoms with Crippen LogP contribution in [0.3, 0.4) is 0 Å². The van der Waals surface area contributed by atoms with Crippen LogP contribution in [0.1, 0.15) is 50.0 Å². The molecule has 7 nitrogen and oxygen atoms in total. The van der Waals surface area contributed by atoms with E-state index in [0.29, 0.717) is 23.8 Å². The molecule has 25 heavy (non-hydrogen) atoms. The lowest BCUT2D eigenvalue weighted by atomic mass is 10.1. The molecule has 1 aliphatic rings. The predicted octanol–water partition coefficient (Wildman–Crippen LogP) is 2.90. The van der Waals surface area contributed by atoms with Crippen molar-refractivity contribution >= 4 is 21.6 Å². The molecule has 0 saturated carbocycles.